The lowest BCUT2D eigenvalue weighted by Gasteiger charge is -2.27. The van der Waals surface area contributed by atoms with Gasteiger partial charge in [0.25, 0.3) is 0 Å². The van der Waals surface area contributed by atoms with Crippen molar-refractivity contribution in [2.75, 3.05) is 6.54 Å². The van der Waals surface area contributed by atoms with Crippen molar-refractivity contribution in [1.82, 2.24) is 14.9 Å². The summed E-state index contributed by atoms with van der Waals surface area (Å²) in [4.78, 5) is 4.36. The van der Waals surface area contributed by atoms with Gasteiger partial charge in [-0.05, 0) is 25.3 Å². The van der Waals surface area contributed by atoms with Gasteiger partial charge in [0.05, 0.1) is 6.04 Å². The zero-order valence-electron chi connectivity index (χ0n) is 8.33. The van der Waals surface area contributed by atoms with Gasteiger partial charge in [0.15, 0.2) is 0 Å². The van der Waals surface area contributed by atoms with Crippen LogP contribution in [0.25, 0.3) is 0 Å². The Balaban J connectivity index is 2.06. The number of nitrogens with zero attached hydrogens (tertiary/aromatic N) is 2. The average Bonchev–Trinajstić information content (AvgIpc) is 2.53. The number of piperidine rings is 1. The maximum absolute atomic E-state index is 4.36. The van der Waals surface area contributed by atoms with Crippen molar-refractivity contribution >= 4 is 0 Å². The summed E-state index contributed by atoms with van der Waals surface area (Å²) in [5.74, 6) is 1.99. The van der Waals surface area contributed by atoms with Crippen LogP contribution in [0.2, 0.25) is 0 Å². The minimum atomic E-state index is 0.469. The summed E-state index contributed by atoms with van der Waals surface area (Å²) >= 11 is 0. The summed E-state index contributed by atoms with van der Waals surface area (Å²) in [7, 11) is 2.06. The van der Waals surface area contributed by atoms with Gasteiger partial charge in [-0.3, -0.25) is 0 Å². The molecule has 1 N–H and O–H groups in total. The highest BCUT2D eigenvalue weighted by Crippen LogP contribution is 2.23. The third-order valence-corrected chi connectivity index (χ3v) is 2.83. The molecule has 0 amide bonds. The fraction of sp³-hybridized carbons (Fsp3) is 0.700. The van der Waals surface area contributed by atoms with E-state index >= 15 is 0 Å². The van der Waals surface area contributed by atoms with Crippen molar-refractivity contribution in [3.05, 3.63) is 18.2 Å². The molecule has 2 atom stereocenters. The van der Waals surface area contributed by atoms with Crippen LogP contribution in [0, 0.1) is 5.92 Å². The van der Waals surface area contributed by atoms with Gasteiger partial charge in [0.1, 0.15) is 5.82 Å². The van der Waals surface area contributed by atoms with E-state index in [1.165, 1.54) is 18.7 Å². The van der Waals surface area contributed by atoms with Gasteiger partial charge in [0.2, 0.25) is 0 Å². The average molecular weight is 179 g/mol. The summed E-state index contributed by atoms with van der Waals surface area (Å²) in [6.45, 7) is 3.42. The van der Waals surface area contributed by atoms with Crippen LogP contribution in [0.4, 0.5) is 0 Å². The van der Waals surface area contributed by atoms with Crippen LogP contribution >= 0.6 is 0 Å². The molecule has 0 spiro atoms. The fourth-order valence-corrected chi connectivity index (χ4v) is 1.93. The minimum Gasteiger partial charge on any atom is -0.337 e. The van der Waals surface area contributed by atoms with Crippen molar-refractivity contribution in [2.24, 2.45) is 13.0 Å². The van der Waals surface area contributed by atoms with Crippen LogP contribution in [0.3, 0.4) is 0 Å². The molecule has 0 radical (unpaired) electrons. The lowest BCUT2D eigenvalue weighted by molar-refractivity contribution is 0.320. The topological polar surface area (TPSA) is 29.9 Å². The number of nitrogens with one attached hydrogen (secondary N) is 1. The van der Waals surface area contributed by atoms with Crippen LogP contribution in [0.5, 0.6) is 0 Å². The van der Waals surface area contributed by atoms with E-state index in [0.29, 0.717) is 6.04 Å². The quantitative estimate of drug-likeness (QED) is 0.707. The number of aryl methyl sites for hydroxylation is 1. The van der Waals surface area contributed by atoms with Crippen LogP contribution in [0.15, 0.2) is 12.4 Å². The van der Waals surface area contributed by atoms with Gasteiger partial charge in [0, 0.05) is 19.4 Å². The predicted octanol–water partition coefficient (Wildman–Crippen LogP) is 1.48. The van der Waals surface area contributed by atoms with E-state index < -0.39 is 0 Å². The molecule has 1 aliphatic rings. The Labute approximate surface area is 79.2 Å². The molecule has 1 aliphatic heterocycles. The van der Waals surface area contributed by atoms with Crippen LogP contribution in [0.1, 0.15) is 31.6 Å². The maximum Gasteiger partial charge on any atom is 0.125 e. The van der Waals surface area contributed by atoms with Crippen LogP contribution in [-0.2, 0) is 7.05 Å². The second kappa shape index (κ2) is 3.50. The van der Waals surface area contributed by atoms with Gasteiger partial charge >= 0.3 is 0 Å². The number of hydrogen-bond acceptors (Lipinski definition) is 2. The molecule has 1 aromatic heterocycles. The highest BCUT2D eigenvalue weighted by Gasteiger charge is 2.21. The molecule has 3 heteroatoms. The van der Waals surface area contributed by atoms with Gasteiger partial charge in [-0.15, -0.1) is 0 Å². The van der Waals surface area contributed by atoms with Gasteiger partial charge in [-0.1, -0.05) is 6.92 Å². The van der Waals surface area contributed by atoms with E-state index in [1.807, 2.05) is 12.4 Å². The smallest absolute Gasteiger partial charge is 0.125 e. The SMILES string of the molecule is CC1CCC(c2nccn2C)NC1. The molecule has 2 unspecified atom stereocenters. The van der Waals surface area contributed by atoms with Gasteiger partial charge in [-0.25, -0.2) is 4.98 Å². The minimum absolute atomic E-state index is 0.469. The molecular formula is C10H17N3. The number of imidazole rings is 1. The first-order valence-electron chi connectivity index (χ1n) is 4.98. The molecule has 1 saturated heterocycles. The Hall–Kier alpha value is -0.830. The zero-order chi connectivity index (χ0) is 9.26. The lowest BCUT2D eigenvalue weighted by Crippen LogP contribution is -2.33. The predicted molar refractivity (Wildman–Crippen MR) is 52.3 cm³/mol. The second-order valence-electron chi connectivity index (χ2n) is 4.04. The molecule has 1 fully saturated rings. The highest BCUT2D eigenvalue weighted by atomic mass is 15.1. The molecule has 0 aromatic carbocycles. The normalized spacial score (nSPS) is 29.1. The largest absolute Gasteiger partial charge is 0.337 e. The third-order valence-electron chi connectivity index (χ3n) is 2.83. The first kappa shape index (κ1) is 8.75. The molecule has 1 aromatic rings. The first-order chi connectivity index (χ1) is 6.27. The first-order valence-corrected chi connectivity index (χ1v) is 4.98. The van der Waals surface area contributed by atoms with Crippen LogP contribution in [-0.4, -0.2) is 16.1 Å². The summed E-state index contributed by atoms with van der Waals surface area (Å²) in [5, 5.41) is 3.53. The van der Waals surface area contributed by atoms with Gasteiger partial charge < -0.3 is 9.88 Å². The number of rotatable bonds is 1. The summed E-state index contributed by atoms with van der Waals surface area (Å²) in [5.41, 5.74) is 0. The Kier molecular flexibility index (Phi) is 2.36. The molecule has 3 nitrogen and oxygen atoms in total. The Morgan fingerprint density at radius 1 is 1.54 bits per heavy atom. The summed E-state index contributed by atoms with van der Waals surface area (Å²) in [6, 6.07) is 0.469. The van der Waals surface area contributed by atoms with Crippen molar-refractivity contribution in [1.29, 1.82) is 0 Å². The van der Waals surface area contributed by atoms with Crippen LogP contribution < -0.4 is 5.32 Å². The maximum atomic E-state index is 4.36. The van der Waals surface area contributed by atoms with E-state index in [4.69, 9.17) is 0 Å². The molecule has 2 rings (SSSR count). The van der Waals surface area contributed by atoms with Crippen molar-refractivity contribution in [3.8, 4) is 0 Å². The van der Waals surface area contributed by atoms with Gasteiger partial charge in [-0.2, -0.15) is 0 Å². The molecule has 0 aliphatic carbocycles. The van der Waals surface area contributed by atoms with E-state index in [1.54, 1.807) is 0 Å². The fourth-order valence-electron chi connectivity index (χ4n) is 1.93. The molecule has 72 valence electrons. The van der Waals surface area contributed by atoms with E-state index in [-0.39, 0.29) is 0 Å². The van der Waals surface area contributed by atoms with E-state index in [9.17, 15) is 0 Å². The Morgan fingerprint density at radius 3 is 2.92 bits per heavy atom. The highest BCUT2D eigenvalue weighted by molar-refractivity contribution is 5.00. The summed E-state index contributed by atoms with van der Waals surface area (Å²) < 4.78 is 2.10. The van der Waals surface area contributed by atoms with Crippen molar-refractivity contribution < 1.29 is 0 Å². The molecule has 0 bridgehead atoms. The Morgan fingerprint density at radius 2 is 2.38 bits per heavy atom. The third kappa shape index (κ3) is 1.75. The van der Waals surface area contributed by atoms with E-state index in [0.717, 1.165) is 12.5 Å². The van der Waals surface area contributed by atoms with E-state index in [2.05, 4.69) is 28.8 Å². The molecule has 0 saturated carbocycles. The number of hydrogen-bond donors (Lipinski definition) is 1. The lowest BCUT2D eigenvalue weighted by atomic mass is 9.96. The second-order valence-corrected chi connectivity index (χ2v) is 4.04. The molecule has 13 heavy (non-hydrogen) atoms. The number of aromatic nitrogens is 2. The zero-order valence-corrected chi connectivity index (χ0v) is 8.33. The monoisotopic (exact) mass is 179 g/mol. The standard InChI is InChI=1S/C10H17N3/c1-8-3-4-9(12-7-8)10-11-5-6-13(10)2/h5-6,8-9,12H,3-4,7H2,1-2H3. The molecular weight excluding hydrogens is 162 g/mol. The summed E-state index contributed by atoms with van der Waals surface area (Å²) in [6.07, 6.45) is 6.40. The van der Waals surface area contributed by atoms with Crippen molar-refractivity contribution in [2.45, 2.75) is 25.8 Å². The van der Waals surface area contributed by atoms with Crippen molar-refractivity contribution in [3.63, 3.8) is 0 Å². The Bertz CT molecular complexity index is 271. The molecule has 2 heterocycles.